The number of nitrogens with one attached hydrogen (secondary N) is 1. The molecule has 1 aliphatic carbocycles. The third-order valence-electron chi connectivity index (χ3n) is 6.83. The Morgan fingerprint density at radius 1 is 1.03 bits per heavy atom. The second kappa shape index (κ2) is 10.5. The fourth-order valence-electron chi connectivity index (χ4n) is 4.32. The molecule has 1 saturated heterocycles. The predicted molar refractivity (Wildman–Crippen MR) is 137 cm³/mol. The van der Waals surface area contributed by atoms with E-state index in [1.807, 2.05) is 42.5 Å². The number of hydrogen-bond donors (Lipinski definition) is 1. The summed E-state index contributed by atoms with van der Waals surface area (Å²) in [6.45, 7) is 1.92. The van der Waals surface area contributed by atoms with Crippen LogP contribution in [0.1, 0.15) is 56.4 Å². The van der Waals surface area contributed by atoms with Crippen LogP contribution in [0.3, 0.4) is 0 Å². The molecule has 2 heterocycles. The van der Waals surface area contributed by atoms with Gasteiger partial charge in [0.25, 0.3) is 11.8 Å². The number of ether oxygens (including phenoxy) is 1. The minimum absolute atomic E-state index is 0.0499. The highest BCUT2D eigenvalue weighted by molar-refractivity contribution is 5.97. The molecule has 2 fully saturated rings. The van der Waals surface area contributed by atoms with E-state index in [-0.39, 0.29) is 24.3 Å². The van der Waals surface area contributed by atoms with Crippen LogP contribution in [0.2, 0.25) is 0 Å². The zero-order chi connectivity index (χ0) is 25.9. The summed E-state index contributed by atoms with van der Waals surface area (Å²) in [5.41, 5.74) is 3.97. The first kappa shape index (κ1) is 24.5. The van der Waals surface area contributed by atoms with Crippen LogP contribution in [-0.2, 0) is 25.0 Å². The van der Waals surface area contributed by atoms with E-state index in [0.29, 0.717) is 49.2 Å². The number of aryl methyl sites for hydroxylation is 1. The lowest BCUT2D eigenvalue weighted by Gasteiger charge is -2.32. The summed E-state index contributed by atoms with van der Waals surface area (Å²) in [5, 5.41) is 7.42. The molecule has 2 aliphatic rings. The number of benzene rings is 2. The molecule has 3 amide bonds. The van der Waals surface area contributed by atoms with Crippen LogP contribution < -0.4 is 10.1 Å². The maximum absolute atomic E-state index is 12.7. The van der Waals surface area contributed by atoms with Crippen LogP contribution in [-0.4, -0.2) is 64.0 Å². The molecule has 0 bridgehead atoms. The van der Waals surface area contributed by atoms with Gasteiger partial charge in [0, 0.05) is 45.2 Å². The Bertz CT molecular complexity index is 1310. The summed E-state index contributed by atoms with van der Waals surface area (Å²) in [5.74, 6) is 0.855. The molecule has 1 N–H and O–H groups in total. The van der Waals surface area contributed by atoms with Crippen molar-refractivity contribution < 1.29 is 19.1 Å². The molecule has 1 aliphatic heterocycles. The van der Waals surface area contributed by atoms with Crippen LogP contribution in [0.15, 0.2) is 54.6 Å². The number of carbonyl (C=O) groups is 3. The van der Waals surface area contributed by atoms with Crippen molar-refractivity contribution in [3.63, 3.8) is 0 Å². The van der Waals surface area contributed by atoms with Crippen molar-refractivity contribution in [2.75, 3.05) is 26.7 Å². The minimum Gasteiger partial charge on any atom is -0.489 e. The van der Waals surface area contributed by atoms with Crippen LogP contribution in [0.5, 0.6) is 5.75 Å². The number of piperazine rings is 1. The molecule has 0 atom stereocenters. The Hall–Kier alpha value is -4.14. The van der Waals surface area contributed by atoms with Gasteiger partial charge in [-0.3, -0.25) is 19.1 Å². The fraction of sp³-hybridized carbons (Fsp3) is 0.357. The predicted octanol–water partition coefficient (Wildman–Crippen LogP) is 2.72. The van der Waals surface area contributed by atoms with Crippen molar-refractivity contribution in [2.45, 2.75) is 31.9 Å². The zero-order valence-electron chi connectivity index (χ0n) is 21.1. The Labute approximate surface area is 216 Å². The van der Waals surface area contributed by atoms with Gasteiger partial charge in [0.2, 0.25) is 5.91 Å². The van der Waals surface area contributed by atoms with E-state index >= 15 is 0 Å². The average Bonchev–Trinajstić information content (AvgIpc) is 3.69. The van der Waals surface area contributed by atoms with Gasteiger partial charge in [0.1, 0.15) is 24.6 Å². The highest BCUT2D eigenvalue weighted by Gasteiger charge is 2.28. The number of carbonyl (C=O) groups excluding carboxylic acids is 3. The first-order valence-electron chi connectivity index (χ1n) is 12.5. The maximum atomic E-state index is 12.7. The van der Waals surface area contributed by atoms with Gasteiger partial charge in [-0.05, 0) is 54.3 Å². The van der Waals surface area contributed by atoms with Crippen molar-refractivity contribution >= 4 is 17.7 Å². The molecular weight excluding hydrogens is 470 g/mol. The van der Waals surface area contributed by atoms with Gasteiger partial charge in [-0.2, -0.15) is 5.10 Å². The summed E-state index contributed by atoms with van der Waals surface area (Å²) in [7, 11) is 3.54. The molecule has 0 spiro atoms. The minimum atomic E-state index is -0.149. The van der Waals surface area contributed by atoms with Gasteiger partial charge in [-0.1, -0.05) is 24.3 Å². The zero-order valence-corrected chi connectivity index (χ0v) is 21.1. The number of hydrogen-bond acceptors (Lipinski definition) is 5. The first-order valence-corrected chi connectivity index (χ1v) is 12.5. The van der Waals surface area contributed by atoms with Crippen molar-refractivity contribution in [3.05, 3.63) is 82.7 Å². The second-order valence-corrected chi connectivity index (χ2v) is 9.71. The lowest BCUT2D eigenvalue weighted by molar-refractivity contribution is -0.133. The summed E-state index contributed by atoms with van der Waals surface area (Å²) in [4.78, 5) is 40.5. The van der Waals surface area contributed by atoms with Gasteiger partial charge in [0.15, 0.2) is 0 Å². The van der Waals surface area contributed by atoms with Crippen molar-refractivity contribution in [3.8, 4) is 5.75 Å². The van der Waals surface area contributed by atoms with Crippen LogP contribution in [0, 0.1) is 0 Å². The summed E-state index contributed by atoms with van der Waals surface area (Å²) >= 11 is 0. The molecule has 5 rings (SSSR count). The summed E-state index contributed by atoms with van der Waals surface area (Å²) in [6, 6.07) is 16.7. The van der Waals surface area contributed by atoms with Crippen molar-refractivity contribution in [1.82, 2.24) is 24.9 Å². The summed E-state index contributed by atoms with van der Waals surface area (Å²) in [6.07, 6.45) is 2.29. The molecule has 9 nitrogen and oxygen atoms in total. The molecule has 1 aromatic heterocycles. The number of nitrogens with zero attached hydrogens (tertiary/aromatic N) is 4. The number of likely N-dealkylation sites (N-methyl/N-ethyl adjacent to an activating group) is 1. The lowest BCUT2D eigenvalue weighted by Crippen LogP contribution is -2.50. The van der Waals surface area contributed by atoms with Crippen molar-refractivity contribution in [2.24, 2.45) is 7.05 Å². The smallest absolute Gasteiger partial charge is 0.269 e. The Morgan fingerprint density at radius 3 is 2.54 bits per heavy atom. The molecule has 0 unspecified atom stereocenters. The Kier molecular flexibility index (Phi) is 6.94. The van der Waals surface area contributed by atoms with Crippen LogP contribution in [0.25, 0.3) is 0 Å². The van der Waals surface area contributed by atoms with Gasteiger partial charge in [-0.25, -0.2) is 0 Å². The van der Waals surface area contributed by atoms with E-state index in [4.69, 9.17) is 4.74 Å². The molecule has 3 aromatic rings. The normalized spacial score (nSPS) is 15.6. The molecular formula is C28H31N5O4. The highest BCUT2D eigenvalue weighted by atomic mass is 16.5. The topological polar surface area (TPSA) is 96.8 Å². The largest absolute Gasteiger partial charge is 0.489 e. The second-order valence-electron chi connectivity index (χ2n) is 9.71. The van der Waals surface area contributed by atoms with Crippen molar-refractivity contribution in [1.29, 1.82) is 0 Å². The van der Waals surface area contributed by atoms with E-state index in [2.05, 4.69) is 10.4 Å². The molecule has 9 heteroatoms. The average molecular weight is 502 g/mol. The van der Waals surface area contributed by atoms with Gasteiger partial charge in [0.05, 0.1) is 5.69 Å². The van der Waals surface area contributed by atoms with Gasteiger partial charge >= 0.3 is 0 Å². The third-order valence-corrected chi connectivity index (χ3v) is 6.83. The Morgan fingerprint density at radius 2 is 1.81 bits per heavy atom. The van der Waals surface area contributed by atoms with E-state index in [1.54, 1.807) is 40.7 Å². The molecule has 192 valence electrons. The SMILES string of the molecule is CN1CCN(C(=O)c2ccc(COc3cccc(CNC(=O)c4cc(C5CC5)nn4C)c3)cc2)CC1=O. The fourth-order valence-corrected chi connectivity index (χ4v) is 4.32. The van der Waals surface area contributed by atoms with E-state index in [1.165, 1.54) is 0 Å². The van der Waals surface area contributed by atoms with E-state index in [0.717, 1.165) is 29.7 Å². The van der Waals surface area contributed by atoms with Gasteiger partial charge in [-0.15, -0.1) is 0 Å². The number of rotatable bonds is 8. The molecule has 2 aromatic carbocycles. The quantitative estimate of drug-likeness (QED) is 0.512. The molecule has 37 heavy (non-hydrogen) atoms. The van der Waals surface area contributed by atoms with Gasteiger partial charge < -0.3 is 19.9 Å². The highest BCUT2D eigenvalue weighted by Crippen LogP contribution is 2.39. The molecule has 0 radical (unpaired) electrons. The Balaban J connectivity index is 1.13. The maximum Gasteiger partial charge on any atom is 0.269 e. The number of amides is 3. The summed E-state index contributed by atoms with van der Waals surface area (Å²) < 4.78 is 7.59. The van der Waals surface area contributed by atoms with E-state index < -0.39 is 0 Å². The monoisotopic (exact) mass is 501 g/mol. The van der Waals surface area contributed by atoms with Crippen LogP contribution >= 0.6 is 0 Å². The number of aromatic nitrogens is 2. The first-order chi connectivity index (χ1) is 17.9. The third kappa shape index (κ3) is 5.82. The van der Waals surface area contributed by atoms with Crippen LogP contribution in [0.4, 0.5) is 0 Å². The van der Waals surface area contributed by atoms with E-state index in [9.17, 15) is 14.4 Å². The lowest BCUT2D eigenvalue weighted by atomic mass is 10.1. The molecule has 1 saturated carbocycles. The standard InChI is InChI=1S/C28H31N5O4/c1-31-12-13-33(17-26(31)34)28(36)22-8-6-19(7-9-22)18-37-23-5-3-4-20(14-23)16-29-27(35)25-15-24(21-10-11-21)30-32(25)2/h3-9,14-15,21H,10-13,16-18H2,1-2H3,(H,29,35).